The van der Waals surface area contributed by atoms with E-state index < -0.39 is 0 Å². The molecule has 0 saturated heterocycles. The molecule has 0 saturated carbocycles. The molecule has 0 aliphatic carbocycles. The van der Waals surface area contributed by atoms with Crippen LogP contribution in [0, 0.1) is 0 Å². The molecule has 0 fully saturated rings. The van der Waals surface area contributed by atoms with Gasteiger partial charge in [0.25, 0.3) is 0 Å². The molecule has 2 aliphatic rings. The lowest BCUT2D eigenvalue weighted by atomic mass is 9.98. The average Bonchev–Trinajstić information content (AvgIpc) is 3.68. The molecule has 40 heavy (non-hydrogen) atoms. The zero-order chi connectivity index (χ0) is 27.5. The van der Waals surface area contributed by atoms with Crippen LogP contribution < -0.4 is 9.47 Å². The fourth-order valence-corrected chi connectivity index (χ4v) is 5.26. The molecule has 0 N–H and O–H groups in total. The number of benzene rings is 4. The van der Waals surface area contributed by atoms with Gasteiger partial charge in [0.2, 0.25) is 0 Å². The Labute approximate surface area is 234 Å². The van der Waals surface area contributed by atoms with Gasteiger partial charge in [0.05, 0.1) is 37.7 Å². The van der Waals surface area contributed by atoms with Gasteiger partial charge in [-0.1, -0.05) is 60.7 Å². The molecule has 2 amide bonds. The standard InChI is InChI=1S/C33H30N4O3/c1-39-27-17-13-23(14-18-27)29-21-31(25-9-5-3-6-10-25)36(34-29)33(38)37-32(26-11-7-4-8-12-26)22-30(35-37)24-15-19-28(40-2)20-16-24/h3-20,31-32H,21-22H2,1-2H3. The lowest BCUT2D eigenvalue weighted by Gasteiger charge is -2.29. The summed E-state index contributed by atoms with van der Waals surface area (Å²) in [6, 6.07) is 34.9. The highest BCUT2D eigenvalue weighted by atomic mass is 16.5. The van der Waals surface area contributed by atoms with Crippen LogP contribution in [0.5, 0.6) is 11.5 Å². The van der Waals surface area contributed by atoms with Crippen molar-refractivity contribution in [1.29, 1.82) is 0 Å². The van der Waals surface area contributed by atoms with Crippen molar-refractivity contribution < 1.29 is 14.3 Å². The van der Waals surface area contributed by atoms with Gasteiger partial charge in [0, 0.05) is 12.8 Å². The van der Waals surface area contributed by atoms with E-state index in [9.17, 15) is 4.79 Å². The molecule has 200 valence electrons. The predicted octanol–water partition coefficient (Wildman–Crippen LogP) is 6.83. The molecule has 7 nitrogen and oxygen atoms in total. The summed E-state index contributed by atoms with van der Waals surface area (Å²) in [5.41, 5.74) is 5.66. The van der Waals surface area contributed by atoms with Gasteiger partial charge in [-0.2, -0.15) is 10.2 Å². The van der Waals surface area contributed by atoms with Crippen LogP contribution in [-0.2, 0) is 0 Å². The summed E-state index contributed by atoms with van der Waals surface area (Å²) >= 11 is 0. The predicted molar refractivity (Wildman–Crippen MR) is 156 cm³/mol. The molecule has 2 heterocycles. The number of ether oxygens (including phenoxy) is 2. The third-order valence-corrected chi connectivity index (χ3v) is 7.43. The van der Waals surface area contributed by atoms with Crippen LogP contribution in [0.15, 0.2) is 119 Å². The molecule has 2 aliphatic heterocycles. The molecule has 6 rings (SSSR count). The minimum Gasteiger partial charge on any atom is -0.497 e. The fraction of sp³-hybridized carbons (Fsp3) is 0.182. The normalized spacial score (nSPS) is 18.4. The van der Waals surface area contributed by atoms with Crippen LogP contribution in [0.3, 0.4) is 0 Å². The molecule has 2 unspecified atom stereocenters. The number of methoxy groups -OCH3 is 2. The molecular weight excluding hydrogens is 500 g/mol. The highest BCUT2D eigenvalue weighted by molar-refractivity contribution is 6.05. The largest absolute Gasteiger partial charge is 0.497 e. The summed E-state index contributed by atoms with van der Waals surface area (Å²) in [6.07, 6.45) is 1.20. The number of hydrogen-bond donors (Lipinski definition) is 0. The first-order valence-corrected chi connectivity index (χ1v) is 13.3. The summed E-state index contributed by atoms with van der Waals surface area (Å²) < 4.78 is 10.7. The van der Waals surface area contributed by atoms with Crippen molar-refractivity contribution in [2.24, 2.45) is 10.2 Å². The van der Waals surface area contributed by atoms with Crippen LogP contribution in [0.2, 0.25) is 0 Å². The van der Waals surface area contributed by atoms with Crippen LogP contribution >= 0.6 is 0 Å². The van der Waals surface area contributed by atoms with Gasteiger partial charge in [-0.25, -0.2) is 14.8 Å². The van der Waals surface area contributed by atoms with E-state index in [4.69, 9.17) is 19.7 Å². The van der Waals surface area contributed by atoms with E-state index >= 15 is 0 Å². The molecule has 0 spiro atoms. The van der Waals surface area contributed by atoms with Crippen LogP contribution in [0.4, 0.5) is 4.79 Å². The Balaban J connectivity index is 1.38. The van der Waals surface area contributed by atoms with Gasteiger partial charge < -0.3 is 9.47 Å². The molecule has 0 radical (unpaired) electrons. The summed E-state index contributed by atoms with van der Waals surface area (Å²) in [6.45, 7) is 0. The van der Waals surface area contributed by atoms with Gasteiger partial charge in [-0.3, -0.25) is 0 Å². The zero-order valence-electron chi connectivity index (χ0n) is 22.5. The second-order valence-electron chi connectivity index (χ2n) is 9.78. The third kappa shape index (κ3) is 4.94. The summed E-state index contributed by atoms with van der Waals surface area (Å²) in [5, 5.41) is 13.0. The summed E-state index contributed by atoms with van der Waals surface area (Å²) in [4.78, 5) is 14.4. The highest BCUT2D eigenvalue weighted by Gasteiger charge is 2.41. The lowest BCUT2D eigenvalue weighted by Crippen LogP contribution is -2.38. The molecule has 7 heteroatoms. The maximum atomic E-state index is 14.4. The number of amides is 2. The molecule has 4 aromatic carbocycles. The number of urea groups is 1. The van der Waals surface area contributed by atoms with Gasteiger partial charge in [0.15, 0.2) is 0 Å². The van der Waals surface area contributed by atoms with Crippen molar-refractivity contribution in [2.45, 2.75) is 24.9 Å². The van der Waals surface area contributed by atoms with Crippen molar-refractivity contribution in [3.05, 3.63) is 131 Å². The topological polar surface area (TPSA) is 66.7 Å². The minimum absolute atomic E-state index is 0.248. The molecule has 0 bridgehead atoms. The Morgan fingerprint density at radius 3 is 1.32 bits per heavy atom. The van der Waals surface area contributed by atoms with Gasteiger partial charge in [-0.05, 0) is 70.8 Å². The van der Waals surface area contributed by atoms with E-state index in [1.165, 1.54) is 0 Å². The van der Waals surface area contributed by atoms with E-state index in [1.807, 2.05) is 109 Å². The maximum absolute atomic E-state index is 14.4. The number of carbonyl (C=O) groups is 1. The Kier molecular flexibility index (Phi) is 7.02. The monoisotopic (exact) mass is 530 g/mol. The Morgan fingerprint density at radius 1 is 0.600 bits per heavy atom. The highest BCUT2D eigenvalue weighted by Crippen LogP contribution is 2.39. The Bertz CT molecular complexity index is 1420. The zero-order valence-corrected chi connectivity index (χ0v) is 22.5. The second-order valence-corrected chi connectivity index (χ2v) is 9.78. The van der Waals surface area contributed by atoms with E-state index in [1.54, 1.807) is 24.2 Å². The third-order valence-electron chi connectivity index (χ3n) is 7.43. The summed E-state index contributed by atoms with van der Waals surface area (Å²) in [5.74, 6) is 1.55. The smallest absolute Gasteiger partial charge is 0.362 e. The van der Waals surface area contributed by atoms with Crippen LogP contribution in [-0.4, -0.2) is 41.7 Å². The van der Waals surface area contributed by atoms with E-state index in [0.717, 1.165) is 45.2 Å². The van der Waals surface area contributed by atoms with Gasteiger partial charge in [-0.15, -0.1) is 0 Å². The lowest BCUT2D eigenvalue weighted by molar-refractivity contribution is 0.132. The quantitative estimate of drug-likeness (QED) is 0.275. The number of rotatable bonds is 6. The van der Waals surface area contributed by atoms with Crippen molar-refractivity contribution >= 4 is 17.5 Å². The molecular formula is C33H30N4O3. The Morgan fingerprint density at radius 2 is 0.975 bits per heavy atom. The number of carbonyl (C=O) groups excluding carboxylic acids is 1. The fourth-order valence-electron chi connectivity index (χ4n) is 5.26. The van der Waals surface area contributed by atoms with E-state index in [0.29, 0.717) is 12.8 Å². The van der Waals surface area contributed by atoms with E-state index in [-0.39, 0.29) is 18.1 Å². The number of hydrazone groups is 2. The summed E-state index contributed by atoms with van der Waals surface area (Å²) in [7, 11) is 3.29. The van der Waals surface area contributed by atoms with Crippen molar-refractivity contribution in [3.8, 4) is 11.5 Å². The SMILES string of the molecule is COc1ccc(C2=NN(C(=O)N3N=C(c4ccc(OC)cc4)CC3c3ccccc3)C(c3ccccc3)C2)cc1. The molecule has 0 aromatic heterocycles. The maximum Gasteiger partial charge on any atom is 0.362 e. The first-order chi connectivity index (χ1) is 19.6. The molecule has 4 aromatic rings. The second kappa shape index (κ2) is 11.1. The van der Waals surface area contributed by atoms with Crippen LogP contribution in [0.1, 0.15) is 47.2 Å². The van der Waals surface area contributed by atoms with Gasteiger partial charge >= 0.3 is 6.03 Å². The first kappa shape index (κ1) is 25.4. The number of hydrogen-bond acceptors (Lipinski definition) is 5. The number of nitrogens with zero attached hydrogens (tertiary/aromatic N) is 4. The minimum atomic E-state index is -0.255. The van der Waals surface area contributed by atoms with Gasteiger partial charge in [0.1, 0.15) is 11.5 Å². The van der Waals surface area contributed by atoms with Crippen molar-refractivity contribution in [1.82, 2.24) is 10.0 Å². The average molecular weight is 531 g/mol. The van der Waals surface area contributed by atoms with Crippen LogP contribution in [0.25, 0.3) is 0 Å². The van der Waals surface area contributed by atoms with E-state index in [2.05, 4.69) is 0 Å². The Hall–Kier alpha value is -4.91. The van der Waals surface area contributed by atoms with Crippen molar-refractivity contribution in [2.75, 3.05) is 14.2 Å². The molecule has 2 atom stereocenters. The first-order valence-electron chi connectivity index (χ1n) is 13.3. The van der Waals surface area contributed by atoms with Crippen molar-refractivity contribution in [3.63, 3.8) is 0 Å².